The van der Waals surface area contributed by atoms with Gasteiger partial charge in [-0.25, -0.2) is 4.79 Å². The summed E-state index contributed by atoms with van der Waals surface area (Å²) in [5, 5.41) is 19.3. The van der Waals surface area contributed by atoms with Gasteiger partial charge >= 0.3 is 5.97 Å². The van der Waals surface area contributed by atoms with Gasteiger partial charge in [-0.3, -0.25) is 9.59 Å². The number of ketones is 2. The highest BCUT2D eigenvalue weighted by Gasteiger charge is 2.54. The molecule has 0 radical (unpaired) electrons. The predicted octanol–water partition coefficient (Wildman–Crippen LogP) is 3.66. The Hall–Kier alpha value is -2.51. The van der Waals surface area contributed by atoms with Crippen molar-refractivity contribution in [2.24, 2.45) is 0 Å². The van der Waals surface area contributed by atoms with Gasteiger partial charge in [-0.05, 0) is 38.0 Å². The molecular weight excluding hydrogens is 434 g/mol. The number of carbonyl (C=O) groups excluding carboxylic acids is 3. The van der Waals surface area contributed by atoms with Crippen LogP contribution >= 0.6 is 0 Å². The second-order valence-electron chi connectivity index (χ2n) is 9.58. The molecule has 0 saturated heterocycles. The summed E-state index contributed by atoms with van der Waals surface area (Å²) in [6, 6.07) is 0. The average Bonchev–Trinajstić information content (AvgIpc) is 3.04. The summed E-state index contributed by atoms with van der Waals surface area (Å²) in [6.45, 7) is 5.53. The molecule has 0 spiro atoms. The zero-order valence-electron chi connectivity index (χ0n) is 20.6. The Morgan fingerprint density at radius 1 is 1.12 bits per heavy atom. The largest absolute Gasteiger partial charge is 0.442 e. The van der Waals surface area contributed by atoms with Crippen LogP contribution in [-0.4, -0.2) is 57.5 Å². The van der Waals surface area contributed by atoms with Crippen molar-refractivity contribution >= 4 is 17.5 Å². The molecular formula is C27H37NO6. The average molecular weight is 472 g/mol. The first-order valence-corrected chi connectivity index (χ1v) is 12.5. The molecule has 2 N–H and O–H groups in total. The Bertz CT molecular complexity index is 954. The summed E-state index contributed by atoms with van der Waals surface area (Å²) < 4.78 is 5.51. The lowest BCUT2D eigenvalue weighted by atomic mass is 9.76. The van der Waals surface area contributed by atoms with Gasteiger partial charge in [-0.1, -0.05) is 45.4 Å². The maximum atomic E-state index is 13.4. The number of fused-ring (bicyclic) bond motifs is 2. The molecule has 0 aromatic rings. The number of β-amino-alcohol motifs (C(OH)–C–C–N with tert-alkyl or cyclic N) is 1. The summed E-state index contributed by atoms with van der Waals surface area (Å²) in [4.78, 5) is 40.9. The van der Waals surface area contributed by atoms with Crippen molar-refractivity contribution in [3.05, 3.63) is 46.3 Å². The number of nitrogens with zero attached hydrogens (tertiary/aromatic N) is 1. The van der Waals surface area contributed by atoms with Gasteiger partial charge in [0.25, 0.3) is 0 Å². The molecule has 0 bridgehead atoms. The number of rotatable bonds is 13. The van der Waals surface area contributed by atoms with E-state index in [4.69, 9.17) is 4.74 Å². The maximum absolute atomic E-state index is 13.4. The maximum Gasteiger partial charge on any atom is 0.343 e. The third kappa shape index (κ3) is 5.41. The van der Waals surface area contributed by atoms with Crippen LogP contribution < -0.4 is 0 Å². The fourth-order valence-electron chi connectivity index (χ4n) is 4.82. The smallest absolute Gasteiger partial charge is 0.343 e. The Morgan fingerprint density at radius 2 is 1.79 bits per heavy atom. The first kappa shape index (κ1) is 26.1. The summed E-state index contributed by atoms with van der Waals surface area (Å²) >= 11 is 0. The number of hydrogen-bond donors (Lipinski definition) is 2. The van der Waals surface area contributed by atoms with Crippen LogP contribution in [0.1, 0.15) is 78.6 Å². The number of aliphatic hydroxyl groups excluding tert-OH is 2. The molecule has 0 aromatic heterocycles. The van der Waals surface area contributed by atoms with Crippen LogP contribution in [0.5, 0.6) is 0 Å². The summed E-state index contributed by atoms with van der Waals surface area (Å²) in [7, 11) is 0. The molecule has 3 aliphatic rings. The van der Waals surface area contributed by atoms with Gasteiger partial charge in [-0.15, -0.1) is 0 Å². The highest BCUT2D eigenvalue weighted by Crippen LogP contribution is 2.44. The van der Waals surface area contributed by atoms with Crippen molar-refractivity contribution < 1.29 is 29.3 Å². The molecule has 0 fully saturated rings. The minimum atomic E-state index is -1.53. The van der Waals surface area contributed by atoms with E-state index >= 15 is 0 Å². The topological polar surface area (TPSA) is 104 Å². The fraction of sp³-hybridized carbons (Fsp3) is 0.593. The summed E-state index contributed by atoms with van der Waals surface area (Å²) in [5.74, 6) is -1.40. The van der Waals surface area contributed by atoms with Crippen LogP contribution in [0.15, 0.2) is 46.3 Å². The monoisotopic (exact) mass is 471 g/mol. The van der Waals surface area contributed by atoms with E-state index in [0.29, 0.717) is 29.6 Å². The summed E-state index contributed by atoms with van der Waals surface area (Å²) in [6.07, 6.45) is 12.6. The van der Waals surface area contributed by atoms with Gasteiger partial charge < -0.3 is 19.8 Å². The Balaban J connectivity index is 1.85. The van der Waals surface area contributed by atoms with Crippen LogP contribution in [0.25, 0.3) is 0 Å². The van der Waals surface area contributed by atoms with Crippen LogP contribution in [0.3, 0.4) is 0 Å². The van der Waals surface area contributed by atoms with Crippen molar-refractivity contribution in [2.75, 3.05) is 13.2 Å². The number of esters is 1. The molecule has 0 amide bonds. The lowest BCUT2D eigenvalue weighted by Crippen LogP contribution is -2.43. The van der Waals surface area contributed by atoms with Crippen molar-refractivity contribution in [3.8, 4) is 0 Å². The van der Waals surface area contributed by atoms with Gasteiger partial charge in [0.2, 0.25) is 5.78 Å². The third-order valence-corrected chi connectivity index (χ3v) is 6.68. The second-order valence-corrected chi connectivity index (χ2v) is 9.58. The van der Waals surface area contributed by atoms with Crippen LogP contribution in [-0.2, 0) is 19.1 Å². The number of allylic oxidation sites excluding steroid dienone is 2. The summed E-state index contributed by atoms with van der Waals surface area (Å²) in [5.41, 5.74) is 0.474. The van der Waals surface area contributed by atoms with E-state index in [1.807, 2.05) is 0 Å². The molecule has 2 heterocycles. The molecule has 7 nitrogen and oxygen atoms in total. The van der Waals surface area contributed by atoms with E-state index in [1.165, 1.54) is 26.2 Å². The minimum absolute atomic E-state index is 0.0170. The molecule has 34 heavy (non-hydrogen) atoms. The zero-order valence-corrected chi connectivity index (χ0v) is 20.6. The van der Waals surface area contributed by atoms with Crippen molar-refractivity contribution in [1.82, 2.24) is 4.90 Å². The number of hydrogen-bond acceptors (Lipinski definition) is 7. The molecule has 7 heteroatoms. The van der Waals surface area contributed by atoms with Crippen molar-refractivity contribution in [1.29, 1.82) is 0 Å². The van der Waals surface area contributed by atoms with E-state index in [2.05, 4.69) is 6.92 Å². The molecule has 0 saturated carbocycles. The van der Waals surface area contributed by atoms with E-state index in [9.17, 15) is 24.6 Å². The first-order chi connectivity index (χ1) is 16.2. The predicted molar refractivity (Wildman–Crippen MR) is 128 cm³/mol. The van der Waals surface area contributed by atoms with E-state index in [0.717, 1.165) is 25.0 Å². The Morgan fingerprint density at radius 3 is 2.44 bits per heavy atom. The molecule has 2 atom stereocenters. The highest BCUT2D eigenvalue weighted by molar-refractivity contribution is 6.24. The molecule has 3 rings (SSSR count). The van der Waals surface area contributed by atoms with Gasteiger partial charge in [0.05, 0.1) is 12.7 Å². The molecule has 0 aromatic carbocycles. The number of unbranched alkanes of at least 4 members (excludes halogenated alkanes) is 6. The normalized spacial score (nSPS) is 22.6. The highest BCUT2D eigenvalue weighted by atomic mass is 16.6. The van der Waals surface area contributed by atoms with Crippen molar-refractivity contribution in [2.45, 2.75) is 90.3 Å². The van der Waals surface area contributed by atoms with Crippen LogP contribution in [0, 0.1) is 0 Å². The van der Waals surface area contributed by atoms with Crippen LogP contribution in [0.2, 0.25) is 0 Å². The lowest BCUT2D eigenvalue weighted by Gasteiger charge is -2.35. The number of aliphatic hydroxyl groups is 2. The van der Waals surface area contributed by atoms with Gasteiger partial charge in [0.15, 0.2) is 11.4 Å². The number of Topliss-reactive ketones (excluding diaryl/α,β-unsaturated/α-hetero) is 2. The third-order valence-electron chi connectivity index (χ3n) is 6.68. The Labute approximate surface area is 201 Å². The van der Waals surface area contributed by atoms with E-state index in [1.54, 1.807) is 30.2 Å². The fourth-order valence-corrected chi connectivity index (χ4v) is 4.82. The second kappa shape index (κ2) is 11.3. The molecule has 186 valence electrons. The van der Waals surface area contributed by atoms with E-state index < -0.39 is 17.7 Å². The first-order valence-electron chi connectivity index (χ1n) is 12.5. The van der Waals surface area contributed by atoms with Crippen molar-refractivity contribution in [3.63, 3.8) is 0 Å². The van der Waals surface area contributed by atoms with Gasteiger partial charge in [0, 0.05) is 42.4 Å². The lowest BCUT2D eigenvalue weighted by molar-refractivity contribution is -0.153. The number of ether oxygens (including phenoxy) is 1. The number of carbonyl (C=O) groups is 3. The molecule has 0 unspecified atom stereocenters. The SMILES string of the molecule is CCCCCCCCCC(=O)C1=C2C=C3C=C(C[C@H](C)O)N(CCO)C=C3C(=O)[C@]2(C)OC1=O. The Kier molecular flexibility index (Phi) is 8.66. The quantitative estimate of drug-likeness (QED) is 0.240. The van der Waals surface area contributed by atoms with Gasteiger partial charge in [0.1, 0.15) is 5.57 Å². The van der Waals surface area contributed by atoms with Crippen LogP contribution in [0.4, 0.5) is 0 Å². The zero-order chi connectivity index (χ0) is 24.9. The molecule has 2 aliphatic heterocycles. The van der Waals surface area contributed by atoms with Gasteiger partial charge in [-0.2, -0.15) is 0 Å². The molecule has 1 aliphatic carbocycles. The van der Waals surface area contributed by atoms with E-state index in [-0.39, 0.29) is 36.7 Å². The standard InChI is InChI=1S/C27H37NO6/c1-4-5-6-7-8-9-10-11-23(31)24-22-16-19-15-20(14-18(2)30)28(12-13-29)17-21(19)25(32)27(22,3)34-26(24)33/h15-18,29-30H,4-14H2,1-3H3/t18-,27+/m0/s1. The minimum Gasteiger partial charge on any atom is -0.442 e.